The SMILES string of the molecule is Cn1nc(-c2ccc(F)cc2)cc1C(=O)Nc1ccccc1Cc1nc(-c2ccncc2)no1. The van der Waals surface area contributed by atoms with E-state index in [4.69, 9.17) is 4.52 Å². The number of carbonyl (C=O) groups is 1. The molecule has 3 heterocycles. The van der Waals surface area contributed by atoms with Gasteiger partial charge in [-0.05, 0) is 54.1 Å². The predicted octanol–water partition coefficient (Wildman–Crippen LogP) is 4.51. The summed E-state index contributed by atoms with van der Waals surface area (Å²) in [6.45, 7) is 0. The predicted molar refractivity (Wildman–Crippen MR) is 123 cm³/mol. The summed E-state index contributed by atoms with van der Waals surface area (Å²) in [4.78, 5) is 21.5. The van der Waals surface area contributed by atoms with Crippen molar-refractivity contribution < 1.29 is 13.7 Å². The molecule has 0 bridgehead atoms. The molecule has 0 saturated heterocycles. The van der Waals surface area contributed by atoms with Gasteiger partial charge in [0.25, 0.3) is 5.91 Å². The summed E-state index contributed by atoms with van der Waals surface area (Å²) in [5, 5.41) is 11.4. The third kappa shape index (κ3) is 4.44. The van der Waals surface area contributed by atoms with Crippen molar-refractivity contribution in [3.8, 4) is 22.6 Å². The molecule has 0 spiro atoms. The number of anilines is 1. The normalized spacial score (nSPS) is 10.9. The van der Waals surface area contributed by atoms with E-state index >= 15 is 0 Å². The summed E-state index contributed by atoms with van der Waals surface area (Å²) in [6.07, 6.45) is 3.67. The Hall–Kier alpha value is -4.66. The summed E-state index contributed by atoms with van der Waals surface area (Å²) in [7, 11) is 1.69. The minimum atomic E-state index is -0.330. The van der Waals surface area contributed by atoms with Crippen molar-refractivity contribution in [2.45, 2.75) is 6.42 Å². The van der Waals surface area contributed by atoms with Crippen molar-refractivity contribution in [3.05, 3.63) is 102 Å². The Bertz CT molecular complexity index is 1440. The number of pyridine rings is 1. The van der Waals surface area contributed by atoms with Crippen LogP contribution in [0.5, 0.6) is 0 Å². The molecule has 1 amide bonds. The zero-order chi connectivity index (χ0) is 23.5. The van der Waals surface area contributed by atoms with Gasteiger partial charge in [0, 0.05) is 36.3 Å². The number of para-hydroxylation sites is 1. The molecule has 3 aromatic heterocycles. The van der Waals surface area contributed by atoms with Crippen molar-refractivity contribution in [1.82, 2.24) is 24.9 Å². The fraction of sp³-hybridized carbons (Fsp3) is 0.0800. The van der Waals surface area contributed by atoms with E-state index in [0.29, 0.717) is 35.2 Å². The lowest BCUT2D eigenvalue weighted by atomic mass is 10.1. The number of aryl methyl sites for hydroxylation is 1. The van der Waals surface area contributed by atoms with Crippen molar-refractivity contribution in [1.29, 1.82) is 0 Å². The first kappa shape index (κ1) is 21.2. The molecule has 0 saturated carbocycles. The van der Waals surface area contributed by atoms with Gasteiger partial charge < -0.3 is 9.84 Å². The molecule has 5 rings (SSSR count). The van der Waals surface area contributed by atoms with E-state index in [1.807, 2.05) is 24.3 Å². The van der Waals surface area contributed by atoms with Crippen molar-refractivity contribution in [2.24, 2.45) is 7.05 Å². The Morgan fingerprint density at radius 3 is 2.59 bits per heavy atom. The number of hydrogen-bond donors (Lipinski definition) is 1. The molecule has 0 aliphatic carbocycles. The van der Waals surface area contributed by atoms with Crippen LogP contribution in [-0.4, -0.2) is 30.8 Å². The Labute approximate surface area is 194 Å². The maximum absolute atomic E-state index is 13.2. The lowest BCUT2D eigenvalue weighted by Gasteiger charge is -2.09. The number of amides is 1. The van der Waals surface area contributed by atoms with Crippen LogP contribution in [0.4, 0.5) is 10.1 Å². The minimum Gasteiger partial charge on any atom is -0.339 e. The highest BCUT2D eigenvalue weighted by Crippen LogP contribution is 2.23. The van der Waals surface area contributed by atoms with Crippen LogP contribution in [0, 0.1) is 5.82 Å². The van der Waals surface area contributed by atoms with E-state index < -0.39 is 0 Å². The number of rotatable bonds is 6. The smallest absolute Gasteiger partial charge is 0.273 e. The molecule has 34 heavy (non-hydrogen) atoms. The highest BCUT2D eigenvalue weighted by atomic mass is 19.1. The van der Waals surface area contributed by atoms with Gasteiger partial charge in [-0.3, -0.25) is 14.5 Å². The lowest BCUT2D eigenvalue weighted by molar-refractivity contribution is 0.101. The Morgan fingerprint density at radius 2 is 1.79 bits per heavy atom. The molecular formula is C25H19FN6O2. The molecule has 0 radical (unpaired) electrons. The van der Waals surface area contributed by atoms with Crippen molar-refractivity contribution in [2.75, 3.05) is 5.32 Å². The van der Waals surface area contributed by atoms with Gasteiger partial charge >= 0.3 is 0 Å². The minimum absolute atomic E-state index is 0.321. The van der Waals surface area contributed by atoms with Crippen LogP contribution in [0.25, 0.3) is 22.6 Å². The lowest BCUT2D eigenvalue weighted by Crippen LogP contribution is -2.17. The van der Waals surface area contributed by atoms with Crippen LogP contribution in [0.3, 0.4) is 0 Å². The van der Waals surface area contributed by atoms with Gasteiger partial charge in [-0.15, -0.1) is 0 Å². The molecule has 0 fully saturated rings. The van der Waals surface area contributed by atoms with Gasteiger partial charge in [0.2, 0.25) is 11.7 Å². The first-order valence-corrected chi connectivity index (χ1v) is 10.5. The van der Waals surface area contributed by atoms with Gasteiger partial charge in [0.15, 0.2) is 0 Å². The molecule has 8 nitrogen and oxygen atoms in total. The van der Waals surface area contributed by atoms with Crippen LogP contribution in [-0.2, 0) is 13.5 Å². The van der Waals surface area contributed by atoms with E-state index in [1.54, 1.807) is 49.8 Å². The van der Waals surface area contributed by atoms with Gasteiger partial charge in [-0.1, -0.05) is 23.4 Å². The Morgan fingerprint density at radius 1 is 1.03 bits per heavy atom. The third-order valence-corrected chi connectivity index (χ3v) is 5.27. The van der Waals surface area contributed by atoms with Gasteiger partial charge in [0.1, 0.15) is 11.5 Å². The van der Waals surface area contributed by atoms with Gasteiger partial charge in [-0.25, -0.2) is 4.39 Å². The van der Waals surface area contributed by atoms with E-state index in [-0.39, 0.29) is 11.7 Å². The number of carbonyl (C=O) groups excluding carboxylic acids is 1. The number of aromatic nitrogens is 5. The molecule has 5 aromatic rings. The van der Waals surface area contributed by atoms with Crippen LogP contribution in [0.1, 0.15) is 21.9 Å². The van der Waals surface area contributed by atoms with E-state index in [0.717, 1.165) is 16.7 Å². The van der Waals surface area contributed by atoms with Crippen LogP contribution < -0.4 is 5.32 Å². The summed E-state index contributed by atoms with van der Waals surface area (Å²) >= 11 is 0. The molecule has 0 aliphatic heterocycles. The van der Waals surface area contributed by atoms with Gasteiger partial charge in [-0.2, -0.15) is 10.1 Å². The second kappa shape index (κ2) is 9.07. The molecular weight excluding hydrogens is 435 g/mol. The van der Waals surface area contributed by atoms with Crippen molar-refractivity contribution >= 4 is 11.6 Å². The molecule has 0 unspecified atom stereocenters. The van der Waals surface area contributed by atoms with E-state index in [2.05, 4.69) is 25.5 Å². The van der Waals surface area contributed by atoms with E-state index in [9.17, 15) is 9.18 Å². The molecule has 0 atom stereocenters. The third-order valence-electron chi connectivity index (χ3n) is 5.27. The topological polar surface area (TPSA) is 98.7 Å². The fourth-order valence-electron chi connectivity index (χ4n) is 3.53. The molecule has 9 heteroatoms. The maximum atomic E-state index is 13.2. The maximum Gasteiger partial charge on any atom is 0.273 e. The second-order valence-corrected chi connectivity index (χ2v) is 7.58. The average Bonchev–Trinajstić information content (AvgIpc) is 3.48. The quantitative estimate of drug-likeness (QED) is 0.405. The molecule has 168 valence electrons. The van der Waals surface area contributed by atoms with E-state index in [1.165, 1.54) is 16.8 Å². The number of nitrogens with zero attached hydrogens (tertiary/aromatic N) is 5. The zero-order valence-corrected chi connectivity index (χ0v) is 18.1. The standard InChI is InChI=1S/C25H19FN6O2/c1-32-22(15-21(30-32)16-6-8-19(26)9-7-16)25(33)28-20-5-3-2-4-18(20)14-23-29-24(31-34-23)17-10-12-27-13-11-17/h2-13,15H,14H2,1H3,(H,28,33). The average molecular weight is 454 g/mol. The highest BCUT2D eigenvalue weighted by Gasteiger charge is 2.17. The second-order valence-electron chi connectivity index (χ2n) is 7.58. The number of benzene rings is 2. The summed E-state index contributed by atoms with van der Waals surface area (Å²) in [6, 6.07) is 18.7. The molecule has 0 aliphatic rings. The number of halogens is 1. The highest BCUT2D eigenvalue weighted by molar-refractivity contribution is 6.04. The zero-order valence-electron chi connectivity index (χ0n) is 18.1. The molecule has 2 aromatic carbocycles. The largest absolute Gasteiger partial charge is 0.339 e. The van der Waals surface area contributed by atoms with Crippen molar-refractivity contribution in [3.63, 3.8) is 0 Å². The number of nitrogens with one attached hydrogen (secondary N) is 1. The first-order valence-electron chi connectivity index (χ1n) is 10.5. The van der Waals surface area contributed by atoms with Gasteiger partial charge in [0.05, 0.1) is 12.1 Å². The first-order chi connectivity index (χ1) is 16.6. The van der Waals surface area contributed by atoms with Crippen LogP contribution in [0.15, 0.2) is 83.6 Å². The summed E-state index contributed by atoms with van der Waals surface area (Å²) in [5.41, 5.74) is 3.92. The Balaban J connectivity index is 1.35. The Kier molecular flexibility index (Phi) is 5.65. The van der Waals surface area contributed by atoms with Crippen LogP contribution in [0.2, 0.25) is 0 Å². The fourth-order valence-corrected chi connectivity index (χ4v) is 3.53. The number of hydrogen-bond acceptors (Lipinski definition) is 6. The monoisotopic (exact) mass is 454 g/mol. The molecule has 1 N–H and O–H groups in total. The summed E-state index contributed by atoms with van der Waals surface area (Å²) < 4.78 is 20.1. The van der Waals surface area contributed by atoms with Crippen LogP contribution >= 0.6 is 0 Å². The summed E-state index contributed by atoms with van der Waals surface area (Å²) in [5.74, 6) is 0.247.